The molecule has 0 radical (unpaired) electrons. The van der Waals surface area contributed by atoms with Gasteiger partial charge in [-0.3, -0.25) is 0 Å². The smallest absolute Gasteiger partial charge is 0.189 e. The van der Waals surface area contributed by atoms with E-state index in [4.69, 9.17) is 5.73 Å². The second-order valence-corrected chi connectivity index (χ2v) is 5.16. The van der Waals surface area contributed by atoms with Gasteiger partial charge in [0.25, 0.3) is 0 Å². The van der Waals surface area contributed by atoms with Gasteiger partial charge >= 0.3 is 0 Å². The molecule has 0 aliphatic heterocycles. The lowest BCUT2D eigenvalue weighted by Crippen LogP contribution is -2.38. The van der Waals surface area contributed by atoms with E-state index in [-0.39, 0.29) is 0 Å². The van der Waals surface area contributed by atoms with Gasteiger partial charge < -0.3 is 11.1 Å². The highest BCUT2D eigenvalue weighted by Gasteiger charge is 2.26. The summed E-state index contributed by atoms with van der Waals surface area (Å²) < 4.78 is 0. The van der Waals surface area contributed by atoms with E-state index in [0.717, 1.165) is 0 Å². The van der Waals surface area contributed by atoms with Crippen LogP contribution in [0.3, 0.4) is 0 Å². The van der Waals surface area contributed by atoms with Crippen molar-refractivity contribution in [1.82, 2.24) is 5.32 Å². The van der Waals surface area contributed by atoms with E-state index >= 15 is 0 Å². The van der Waals surface area contributed by atoms with Crippen LogP contribution >= 0.6 is 11.8 Å². The van der Waals surface area contributed by atoms with Crippen LogP contribution in [0.4, 0.5) is 0 Å². The molecule has 2 unspecified atom stereocenters. The summed E-state index contributed by atoms with van der Waals surface area (Å²) in [6.45, 7) is 4.15. The predicted molar refractivity (Wildman–Crippen MR) is 64.8 cm³/mol. The summed E-state index contributed by atoms with van der Waals surface area (Å²) in [6, 6.07) is 0.795. The Morgan fingerprint density at radius 2 is 2.21 bits per heavy atom. The highest BCUT2D eigenvalue weighted by molar-refractivity contribution is 7.99. The molecule has 1 rings (SSSR count). The molecular formula is C10H21N3S. The van der Waals surface area contributed by atoms with Crippen LogP contribution in [0.2, 0.25) is 0 Å². The molecule has 3 N–H and O–H groups in total. The van der Waals surface area contributed by atoms with Gasteiger partial charge in [-0.15, -0.1) is 0 Å². The van der Waals surface area contributed by atoms with Crippen LogP contribution in [0.5, 0.6) is 0 Å². The molecule has 0 saturated heterocycles. The standard InChI is InChI=1S/C10H21N3S/c1-7(2)12-10(11)13-8-5-4-6-9(8)14-3/h7-9H,4-6H2,1-3H3,(H3,11,12,13). The molecule has 3 nitrogen and oxygen atoms in total. The third-order valence-electron chi connectivity index (χ3n) is 2.46. The highest BCUT2D eigenvalue weighted by Crippen LogP contribution is 2.30. The molecular weight excluding hydrogens is 194 g/mol. The average molecular weight is 215 g/mol. The van der Waals surface area contributed by atoms with Crippen molar-refractivity contribution in [1.29, 1.82) is 0 Å². The van der Waals surface area contributed by atoms with Crippen LogP contribution in [0.1, 0.15) is 33.1 Å². The first-order valence-electron chi connectivity index (χ1n) is 5.26. The van der Waals surface area contributed by atoms with Crippen molar-refractivity contribution >= 4 is 17.7 Å². The minimum Gasteiger partial charge on any atom is -0.370 e. The second-order valence-electron chi connectivity index (χ2n) is 4.09. The van der Waals surface area contributed by atoms with Gasteiger partial charge in [0.2, 0.25) is 0 Å². The molecule has 0 bridgehead atoms. The van der Waals surface area contributed by atoms with E-state index in [2.05, 4.69) is 30.4 Å². The molecule has 4 heteroatoms. The number of nitrogens with one attached hydrogen (secondary N) is 1. The largest absolute Gasteiger partial charge is 0.370 e. The number of thioether (sulfide) groups is 1. The summed E-state index contributed by atoms with van der Waals surface area (Å²) in [6.07, 6.45) is 5.91. The molecule has 0 aromatic rings. The summed E-state index contributed by atoms with van der Waals surface area (Å²) >= 11 is 1.91. The van der Waals surface area contributed by atoms with Crippen LogP contribution in [-0.2, 0) is 0 Å². The molecule has 0 aromatic carbocycles. The Balaban J connectivity index is 2.48. The Kier molecular flexibility index (Phi) is 4.58. The van der Waals surface area contributed by atoms with Gasteiger partial charge in [-0.2, -0.15) is 11.8 Å². The van der Waals surface area contributed by atoms with Crippen LogP contribution in [0.25, 0.3) is 0 Å². The topological polar surface area (TPSA) is 50.4 Å². The van der Waals surface area contributed by atoms with Gasteiger partial charge in [-0.25, -0.2) is 4.99 Å². The predicted octanol–water partition coefficient (Wildman–Crippen LogP) is 1.58. The first-order chi connectivity index (χ1) is 6.63. The summed E-state index contributed by atoms with van der Waals surface area (Å²) in [5.41, 5.74) is 5.80. The number of aliphatic imine (C=N–C) groups is 1. The second kappa shape index (κ2) is 5.49. The summed E-state index contributed by atoms with van der Waals surface area (Å²) in [7, 11) is 0. The number of nitrogens with two attached hydrogens (primary N) is 1. The zero-order chi connectivity index (χ0) is 10.6. The first-order valence-corrected chi connectivity index (χ1v) is 6.55. The van der Waals surface area contributed by atoms with E-state index in [1.54, 1.807) is 0 Å². The maximum atomic E-state index is 5.80. The third kappa shape index (κ3) is 3.40. The maximum absolute atomic E-state index is 5.80. The molecule has 82 valence electrons. The summed E-state index contributed by atoms with van der Waals surface area (Å²) in [5.74, 6) is 0.603. The van der Waals surface area contributed by atoms with Crippen molar-refractivity contribution < 1.29 is 0 Å². The number of hydrogen-bond donors (Lipinski definition) is 2. The van der Waals surface area contributed by atoms with Gasteiger partial charge in [0.05, 0.1) is 6.04 Å². The lowest BCUT2D eigenvalue weighted by atomic mass is 10.3. The fourth-order valence-electron chi connectivity index (χ4n) is 1.84. The Morgan fingerprint density at radius 3 is 2.79 bits per heavy atom. The molecule has 1 fully saturated rings. The SMILES string of the molecule is CSC1CCCC1N=C(N)NC(C)C. The van der Waals surface area contributed by atoms with E-state index in [1.807, 2.05) is 11.8 Å². The Bertz CT molecular complexity index is 204. The normalized spacial score (nSPS) is 28.4. The van der Waals surface area contributed by atoms with Gasteiger partial charge in [-0.1, -0.05) is 6.42 Å². The quantitative estimate of drug-likeness (QED) is 0.555. The first kappa shape index (κ1) is 11.7. The molecule has 1 aliphatic rings. The lowest BCUT2D eigenvalue weighted by Gasteiger charge is -2.15. The van der Waals surface area contributed by atoms with Crippen molar-refractivity contribution in [3.63, 3.8) is 0 Å². The van der Waals surface area contributed by atoms with Crippen molar-refractivity contribution in [3.05, 3.63) is 0 Å². The summed E-state index contributed by atoms with van der Waals surface area (Å²) in [5, 5.41) is 3.80. The third-order valence-corrected chi connectivity index (χ3v) is 3.62. The highest BCUT2D eigenvalue weighted by atomic mass is 32.2. The fraction of sp³-hybridized carbons (Fsp3) is 0.900. The molecule has 1 saturated carbocycles. The van der Waals surface area contributed by atoms with Gasteiger partial charge in [0, 0.05) is 11.3 Å². The maximum Gasteiger partial charge on any atom is 0.189 e. The molecule has 0 amide bonds. The van der Waals surface area contributed by atoms with E-state index in [9.17, 15) is 0 Å². The zero-order valence-corrected chi connectivity index (χ0v) is 10.1. The minimum absolute atomic E-state index is 0.368. The number of nitrogens with zero attached hydrogens (tertiary/aromatic N) is 1. The van der Waals surface area contributed by atoms with Gasteiger partial charge in [0.1, 0.15) is 0 Å². The Labute approximate surface area is 90.9 Å². The van der Waals surface area contributed by atoms with Crippen LogP contribution in [0.15, 0.2) is 4.99 Å². The van der Waals surface area contributed by atoms with Crippen molar-refractivity contribution in [2.45, 2.75) is 50.4 Å². The van der Waals surface area contributed by atoms with Crippen LogP contribution < -0.4 is 11.1 Å². The molecule has 1 aliphatic carbocycles. The van der Waals surface area contributed by atoms with E-state index in [0.29, 0.717) is 23.3 Å². The molecule has 2 atom stereocenters. The van der Waals surface area contributed by atoms with Crippen molar-refractivity contribution in [2.24, 2.45) is 10.7 Å². The van der Waals surface area contributed by atoms with Crippen molar-refractivity contribution in [2.75, 3.05) is 6.26 Å². The minimum atomic E-state index is 0.368. The Morgan fingerprint density at radius 1 is 1.50 bits per heavy atom. The monoisotopic (exact) mass is 215 g/mol. The fourth-order valence-corrected chi connectivity index (χ4v) is 2.75. The molecule has 0 heterocycles. The van der Waals surface area contributed by atoms with E-state index < -0.39 is 0 Å². The summed E-state index contributed by atoms with van der Waals surface area (Å²) in [4.78, 5) is 4.53. The lowest BCUT2D eigenvalue weighted by molar-refractivity contribution is 0.683. The van der Waals surface area contributed by atoms with Crippen LogP contribution in [0, 0.1) is 0 Å². The number of rotatable bonds is 3. The molecule has 14 heavy (non-hydrogen) atoms. The Hall–Kier alpha value is -0.380. The average Bonchev–Trinajstić information content (AvgIpc) is 2.50. The number of guanidine groups is 1. The van der Waals surface area contributed by atoms with E-state index in [1.165, 1.54) is 19.3 Å². The number of hydrogen-bond acceptors (Lipinski definition) is 2. The molecule has 0 spiro atoms. The molecule has 0 aromatic heterocycles. The van der Waals surface area contributed by atoms with Gasteiger partial charge in [-0.05, 0) is 32.9 Å². The van der Waals surface area contributed by atoms with Gasteiger partial charge in [0.15, 0.2) is 5.96 Å². The van der Waals surface area contributed by atoms with Crippen LogP contribution in [-0.4, -0.2) is 29.5 Å². The van der Waals surface area contributed by atoms with Crippen molar-refractivity contribution in [3.8, 4) is 0 Å². The zero-order valence-electron chi connectivity index (χ0n) is 9.29.